The number of allylic oxidation sites excluding steroid dienone is 2. The zero-order valence-electron chi connectivity index (χ0n) is 23.4. The number of carboxylic acids is 3. The van der Waals surface area contributed by atoms with Crippen LogP contribution in [-0.2, 0) is 14.4 Å². The van der Waals surface area contributed by atoms with Gasteiger partial charge in [0.25, 0.3) is 0 Å². The SMILES string of the molecule is CCCCCCCC/C=C/CCCCCCC[N+](C(CC)C(=O)O)(C(CC)C(=O)O)C(CC)C(=O)O. The maximum Gasteiger partial charge on any atom is 0.362 e. The van der Waals surface area contributed by atoms with E-state index in [-0.39, 0.29) is 25.8 Å². The lowest BCUT2D eigenvalue weighted by molar-refractivity contribution is -0.973. The van der Waals surface area contributed by atoms with Crippen LogP contribution in [-0.4, -0.2) is 62.4 Å². The number of rotatable bonds is 24. The molecule has 0 saturated carbocycles. The molecule has 210 valence electrons. The molecule has 0 rings (SSSR count). The molecule has 0 aromatic carbocycles. The molecule has 3 unspecified atom stereocenters. The molecule has 7 heteroatoms. The average molecular weight is 513 g/mol. The average Bonchev–Trinajstić information content (AvgIpc) is 2.82. The molecule has 0 saturated heterocycles. The number of unbranched alkanes of at least 4 members (excludes halogenated alkanes) is 11. The summed E-state index contributed by atoms with van der Waals surface area (Å²) in [6.45, 7) is 7.59. The van der Waals surface area contributed by atoms with Gasteiger partial charge in [0.2, 0.25) is 0 Å². The molecule has 0 aliphatic carbocycles. The number of hydrogen-bond donors (Lipinski definition) is 3. The fraction of sp³-hybridized carbons (Fsp3) is 0.828. The third-order valence-corrected chi connectivity index (χ3v) is 7.56. The quantitative estimate of drug-likeness (QED) is 0.0726. The predicted molar refractivity (Wildman–Crippen MR) is 145 cm³/mol. The van der Waals surface area contributed by atoms with E-state index in [9.17, 15) is 29.7 Å². The van der Waals surface area contributed by atoms with Crippen LogP contribution < -0.4 is 0 Å². The Bertz CT molecular complexity index is 593. The third kappa shape index (κ3) is 11.4. The first-order valence-electron chi connectivity index (χ1n) is 14.4. The number of carboxylic acid groups (broad SMARTS) is 3. The van der Waals surface area contributed by atoms with Crippen molar-refractivity contribution in [2.24, 2.45) is 0 Å². The second-order valence-electron chi connectivity index (χ2n) is 10.1. The number of nitrogens with zero attached hydrogens (tertiary/aromatic N) is 1. The van der Waals surface area contributed by atoms with Gasteiger partial charge in [-0.15, -0.1) is 0 Å². The summed E-state index contributed by atoms with van der Waals surface area (Å²) in [6, 6.07) is -3.20. The Labute approximate surface area is 219 Å². The summed E-state index contributed by atoms with van der Waals surface area (Å²) in [5.74, 6) is -3.36. The van der Waals surface area contributed by atoms with Crippen LogP contribution in [0, 0.1) is 0 Å². The van der Waals surface area contributed by atoms with Crippen molar-refractivity contribution < 1.29 is 34.2 Å². The highest BCUT2D eigenvalue weighted by Crippen LogP contribution is 2.32. The number of aliphatic carboxylic acids is 3. The van der Waals surface area contributed by atoms with Crippen LogP contribution in [0.4, 0.5) is 0 Å². The first-order valence-corrected chi connectivity index (χ1v) is 14.4. The summed E-state index contributed by atoms with van der Waals surface area (Å²) >= 11 is 0. The van der Waals surface area contributed by atoms with Crippen LogP contribution in [0.15, 0.2) is 12.2 Å². The maximum absolute atomic E-state index is 12.2. The van der Waals surface area contributed by atoms with E-state index < -0.39 is 40.5 Å². The lowest BCUT2D eigenvalue weighted by Gasteiger charge is -2.49. The molecule has 0 aliphatic rings. The van der Waals surface area contributed by atoms with Crippen LogP contribution in [0.5, 0.6) is 0 Å². The molecule has 0 fully saturated rings. The van der Waals surface area contributed by atoms with Crippen LogP contribution in [0.2, 0.25) is 0 Å². The van der Waals surface area contributed by atoms with Crippen molar-refractivity contribution in [3.63, 3.8) is 0 Å². The Balaban J connectivity index is 4.90. The minimum Gasteiger partial charge on any atom is -0.477 e. The van der Waals surface area contributed by atoms with Gasteiger partial charge in [-0.3, -0.25) is 4.48 Å². The molecule has 3 N–H and O–H groups in total. The normalized spacial score (nSPS) is 15.9. The van der Waals surface area contributed by atoms with E-state index in [0.717, 1.165) is 38.5 Å². The number of carbonyl (C=O) groups is 3. The van der Waals surface area contributed by atoms with Crippen molar-refractivity contribution in [1.29, 1.82) is 0 Å². The van der Waals surface area contributed by atoms with Gasteiger partial charge in [-0.2, -0.15) is 0 Å². The summed E-state index contributed by atoms with van der Waals surface area (Å²) < 4.78 is -0.412. The van der Waals surface area contributed by atoms with Gasteiger partial charge in [0.1, 0.15) is 0 Å². The van der Waals surface area contributed by atoms with Crippen molar-refractivity contribution in [3.05, 3.63) is 12.2 Å². The maximum atomic E-state index is 12.2. The largest absolute Gasteiger partial charge is 0.477 e. The molecule has 0 spiro atoms. The molecule has 3 atom stereocenters. The Morgan fingerprint density at radius 3 is 1.22 bits per heavy atom. The third-order valence-electron chi connectivity index (χ3n) is 7.56. The van der Waals surface area contributed by atoms with E-state index in [2.05, 4.69) is 19.1 Å². The van der Waals surface area contributed by atoms with Crippen molar-refractivity contribution >= 4 is 17.9 Å². The van der Waals surface area contributed by atoms with Crippen molar-refractivity contribution in [2.75, 3.05) is 6.54 Å². The zero-order chi connectivity index (χ0) is 27.4. The highest BCUT2D eigenvalue weighted by Gasteiger charge is 2.55. The zero-order valence-corrected chi connectivity index (χ0v) is 23.4. The molecule has 36 heavy (non-hydrogen) atoms. The van der Waals surface area contributed by atoms with Crippen molar-refractivity contribution in [3.8, 4) is 0 Å². The van der Waals surface area contributed by atoms with Crippen LogP contribution in [0.3, 0.4) is 0 Å². The molecule has 0 aromatic heterocycles. The van der Waals surface area contributed by atoms with Crippen LogP contribution in [0.25, 0.3) is 0 Å². The van der Waals surface area contributed by atoms with E-state index >= 15 is 0 Å². The lowest BCUT2D eigenvalue weighted by Crippen LogP contribution is -2.72. The second kappa shape index (κ2) is 20.2. The van der Waals surface area contributed by atoms with Gasteiger partial charge < -0.3 is 15.3 Å². The van der Waals surface area contributed by atoms with Crippen LogP contribution >= 0.6 is 0 Å². The second-order valence-corrected chi connectivity index (χ2v) is 10.1. The first kappa shape index (κ1) is 34.1. The molecular weight excluding hydrogens is 458 g/mol. The molecule has 0 radical (unpaired) electrons. The molecular formula is C29H54NO6+. The van der Waals surface area contributed by atoms with E-state index in [4.69, 9.17) is 0 Å². The van der Waals surface area contributed by atoms with Gasteiger partial charge in [0.15, 0.2) is 18.1 Å². The summed E-state index contributed by atoms with van der Waals surface area (Å²) in [5.41, 5.74) is 0. The van der Waals surface area contributed by atoms with Gasteiger partial charge in [-0.05, 0) is 38.5 Å². The van der Waals surface area contributed by atoms with E-state index in [0.29, 0.717) is 6.42 Å². The van der Waals surface area contributed by atoms with Gasteiger partial charge in [0, 0.05) is 19.3 Å². The Kier molecular flexibility index (Phi) is 19.1. The standard InChI is InChI=1S/C29H53NO6/c1-5-9-10-11-12-13-14-15-16-17-18-19-20-21-22-23-30(24(6-2)27(31)32,25(7-3)28(33)34)26(8-4)29(35)36/h15-16,24-26H,5-14,17-23H2,1-4H3,(H2-,31,32,33,34,35,36)/p+1/b16-15+. The highest BCUT2D eigenvalue weighted by atomic mass is 16.4. The predicted octanol–water partition coefficient (Wildman–Crippen LogP) is 7.04. The summed E-state index contributed by atoms with van der Waals surface area (Å²) in [7, 11) is 0. The topological polar surface area (TPSA) is 112 Å². The summed E-state index contributed by atoms with van der Waals surface area (Å²) in [5, 5.41) is 29.9. The molecule has 0 aromatic rings. The molecule has 0 amide bonds. The summed E-state index contributed by atoms with van der Waals surface area (Å²) in [4.78, 5) is 36.6. The van der Waals surface area contributed by atoms with E-state index in [1.54, 1.807) is 20.8 Å². The number of hydrogen-bond acceptors (Lipinski definition) is 3. The first-order chi connectivity index (χ1) is 17.2. The van der Waals surface area contributed by atoms with Crippen molar-refractivity contribution in [2.45, 2.75) is 149 Å². The Morgan fingerprint density at radius 1 is 0.556 bits per heavy atom. The van der Waals surface area contributed by atoms with E-state index in [1.165, 1.54) is 38.5 Å². The smallest absolute Gasteiger partial charge is 0.362 e. The van der Waals surface area contributed by atoms with Crippen LogP contribution in [0.1, 0.15) is 130 Å². The molecule has 0 bridgehead atoms. The monoisotopic (exact) mass is 512 g/mol. The Morgan fingerprint density at radius 2 is 0.889 bits per heavy atom. The minimum atomic E-state index is -1.12. The van der Waals surface area contributed by atoms with Gasteiger partial charge >= 0.3 is 17.9 Å². The Hall–Kier alpha value is -1.89. The van der Waals surface area contributed by atoms with Gasteiger partial charge in [-0.25, -0.2) is 14.4 Å². The fourth-order valence-electron chi connectivity index (χ4n) is 5.74. The fourth-order valence-corrected chi connectivity index (χ4v) is 5.74. The number of quaternary nitrogens is 1. The molecule has 7 nitrogen and oxygen atoms in total. The molecule has 0 aliphatic heterocycles. The van der Waals surface area contributed by atoms with Crippen molar-refractivity contribution in [1.82, 2.24) is 0 Å². The van der Waals surface area contributed by atoms with E-state index in [1.807, 2.05) is 0 Å². The molecule has 0 heterocycles. The summed E-state index contributed by atoms with van der Waals surface area (Å²) in [6.07, 6.45) is 19.8. The van der Waals surface area contributed by atoms with Gasteiger partial charge in [-0.1, -0.05) is 84.8 Å². The van der Waals surface area contributed by atoms with Gasteiger partial charge in [0.05, 0.1) is 6.54 Å². The minimum absolute atomic E-state index is 0.188. The lowest BCUT2D eigenvalue weighted by atomic mass is 9.94. The highest BCUT2D eigenvalue weighted by molar-refractivity contribution is 5.78.